The van der Waals surface area contributed by atoms with Crippen LogP contribution in [-0.2, 0) is 14.6 Å². The van der Waals surface area contributed by atoms with Gasteiger partial charge in [0.2, 0.25) is 5.91 Å². The summed E-state index contributed by atoms with van der Waals surface area (Å²) >= 11 is 0. The molecule has 2 heterocycles. The number of sulfone groups is 1. The molecule has 0 bridgehead atoms. The summed E-state index contributed by atoms with van der Waals surface area (Å²) in [4.78, 5) is 18.0. The maximum atomic E-state index is 12.1. The summed E-state index contributed by atoms with van der Waals surface area (Å²) in [6, 6.07) is 11.1. The van der Waals surface area contributed by atoms with Crippen LogP contribution in [0.15, 0.2) is 54.9 Å². The van der Waals surface area contributed by atoms with Crippen LogP contribution in [0.5, 0.6) is 0 Å². The Hall–Kier alpha value is -2.67. The highest BCUT2D eigenvalue weighted by Crippen LogP contribution is 2.21. The van der Waals surface area contributed by atoms with Crippen molar-refractivity contribution in [1.82, 2.24) is 4.98 Å². The fourth-order valence-electron chi connectivity index (χ4n) is 2.58. The summed E-state index contributed by atoms with van der Waals surface area (Å²) in [5, 5.41) is 2.82. The maximum absolute atomic E-state index is 12.1. The summed E-state index contributed by atoms with van der Waals surface area (Å²) in [6.07, 6.45) is 6.52. The van der Waals surface area contributed by atoms with Crippen molar-refractivity contribution in [2.45, 2.75) is 0 Å². The van der Waals surface area contributed by atoms with Gasteiger partial charge in [0.25, 0.3) is 0 Å². The van der Waals surface area contributed by atoms with Gasteiger partial charge >= 0.3 is 0 Å². The first-order chi connectivity index (χ1) is 12.0. The number of hydrogen-bond acceptors (Lipinski definition) is 5. The largest absolute Gasteiger partial charge is 0.369 e. The van der Waals surface area contributed by atoms with Gasteiger partial charge in [-0.15, -0.1) is 0 Å². The van der Waals surface area contributed by atoms with Crippen LogP contribution in [-0.4, -0.2) is 43.9 Å². The van der Waals surface area contributed by atoms with Gasteiger partial charge in [-0.25, -0.2) is 8.42 Å². The Morgan fingerprint density at radius 1 is 1.12 bits per heavy atom. The van der Waals surface area contributed by atoms with E-state index in [4.69, 9.17) is 0 Å². The van der Waals surface area contributed by atoms with Gasteiger partial charge in [0, 0.05) is 42.9 Å². The number of carbonyl (C=O) groups is 1. The molecule has 3 rings (SSSR count). The average molecular weight is 357 g/mol. The number of anilines is 2. The number of hydrogen-bond donors (Lipinski definition) is 1. The second-order valence-electron chi connectivity index (χ2n) is 5.79. The fourth-order valence-corrected chi connectivity index (χ4v) is 3.78. The average Bonchev–Trinajstić information content (AvgIpc) is 2.61. The Morgan fingerprint density at radius 2 is 1.84 bits per heavy atom. The van der Waals surface area contributed by atoms with Crippen LogP contribution in [0.2, 0.25) is 0 Å². The smallest absolute Gasteiger partial charge is 0.248 e. The molecular weight excluding hydrogens is 338 g/mol. The third kappa shape index (κ3) is 4.90. The Labute approximate surface area is 147 Å². The van der Waals surface area contributed by atoms with Crippen LogP contribution in [0.25, 0.3) is 6.08 Å². The van der Waals surface area contributed by atoms with E-state index in [9.17, 15) is 13.2 Å². The van der Waals surface area contributed by atoms with Crippen molar-refractivity contribution in [2.75, 3.05) is 34.8 Å². The second kappa shape index (κ2) is 7.48. The Kier molecular flexibility index (Phi) is 5.14. The van der Waals surface area contributed by atoms with E-state index < -0.39 is 9.84 Å². The summed E-state index contributed by atoms with van der Waals surface area (Å²) < 4.78 is 23.1. The zero-order valence-corrected chi connectivity index (χ0v) is 14.4. The SMILES string of the molecule is O=C(C=Cc1ccncc1)Nc1cccc(N2CCS(=O)(=O)CC2)c1. The molecule has 1 aliphatic rings. The first-order valence-electron chi connectivity index (χ1n) is 7.96. The Bertz CT molecular complexity index is 865. The second-order valence-corrected chi connectivity index (χ2v) is 8.10. The highest BCUT2D eigenvalue weighted by Gasteiger charge is 2.21. The molecule has 0 spiro atoms. The fraction of sp³-hybridized carbons (Fsp3) is 0.222. The molecule has 1 aromatic heterocycles. The summed E-state index contributed by atoms with van der Waals surface area (Å²) in [5.74, 6) is 0.103. The summed E-state index contributed by atoms with van der Waals surface area (Å²) in [7, 11) is -2.91. The molecule has 25 heavy (non-hydrogen) atoms. The minimum atomic E-state index is -2.91. The highest BCUT2D eigenvalue weighted by molar-refractivity contribution is 7.91. The highest BCUT2D eigenvalue weighted by atomic mass is 32.2. The van der Waals surface area contributed by atoms with Crippen LogP contribution in [0, 0.1) is 0 Å². The van der Waals surface area contributed by atoms with Crippen LogP contribution in [0.4, 0.5) is 11.4 Å². The third-order valence-electron chi connectivity index (χ3n) is 3.96. The predicted molar refractivity (Wildman–Crippen MR) is 99.2 cm³/mol. The first kappa shape index (κ1) is 17.2. The lowest BCUT2D eigenvalue weighted by Crippen LogP contribution is -2.40. The number of benzene rings is 1. The normalized spacial score (nSPS) is 16.7. The third-order valence-corrected chi connectivity index (χ3v) is 5.57. The monoisotopic (exact) mass is 357 g/mol. The van der Waals surface area contributed by atoms with Crippen LogP contribution < -0.4 is 10.2 Å². The summed E-state index contributed by atoms with van der Waals surface area (Å²) in [5.41, 5.74) is 2.48. The van der Waals surface area contributed by atoms with Gasteiger partial charge in [-0.1, -0.05) is 6.07 Å². The van der Waals surface area contributed by atoms with E-state index in [1.54, 1.807) is 18.5 Å². The van der Waals surface area contributed by atoms with Crippen molar-refractivity contribution in [1.29, 1.82) is 0 Å². The topological polar surface area (TPSA) is 79.4 Å². The van der Waals surface area contributed by atoms with Gasteiger partial charge in [0.15, 0.2) is 9.84 Å². The zero-order chi connectivity index (χ0) is 17.7. The minimum absolute atomic E-state index is 0.165. The molecule has 0 saturated carbocycles. The lowest BCUT2D eigenvalue weighted by atomic mass is 10.2. The van der Waals surface area contributed by atoms with Gasteiger partial charge in [0.05, 0.1) is 11.5 Å². The standard InChI is InChI=1S/C18H19N3O3S/c22-18(5-4-15-6-8-19-9-7-15)20-16-2-1-3-17(14-16)21-10-12-25(23,24)13-11-21/h1-9,14H,10-13H2,(H,20,22). The molecule has 0 radical (unpaired) electrons. The van der Waals surface area contributed by atoms with Gasteiger partial charge in [-0.2, -0.15) is 0 Å². The molecule has 0 aliphatic carbocycles. The van der Waals surface area contributed by atoms with Gasteiger partial charge < -0.3 is 10.2 Å². The van der Waals surface area contributed by atoms with Gasteiger partial charge in [-0.05, 0) is 42.0 Å². The van der Waals surface area contributed by atoms with E-state index in [0.717, 1.165) is 11.3 Å². The lowest BCUT2D eigenvalue weighted by molar-refractivity contribution is -0.111. The van der Waals surface area contributed by atoms with E-state index in [2.05, 4.69) is 10.3 Å². The Balaban J connectivity index is 1.64. The van der Waals surface area contributed by atoms with E-state index in [1.807, 2.05) is 41.3 Å². The molecular formula is C18H19N3O3S. The lowest BCUT2D eigenvalue weighted by Gasteiger charge is -2.29. The molecule has 1 aliphatic heterocycles. The van der Waals surface area contributed by atoms with Crippen LogP contribution >= 0.6 is 0 Å². The number of amides is 1. The zero-order valence-electron chi connectivity index (χ0n) is 13.6. The van der Waals surface area contributed by atoms with E-state index >= 15 is 0 Å². The number of pyridine rings is 1. The van der Waals surface area contributed by atoms with Crippen molar-refractivity contribution >= 4 is 33.2 Å². The van der Waals surface area contributed by atoms with Crippen LogP contribution in [0.3, 0.4) is 0 Å². The van der Waals surface area contributed by atoms with E-state index in [-0.39, 0.29) is 17.4 Å². The molecule has 1 aromatic carbocycles. The van der Waals surface area contributed by atoms with E-state index in [1.165, 1.54) is 6.08 Å². The molecule has 1 amide bonds. The molecule has 1 fully saturated rings. The number of rotatable bonds is 4. The Morgan fingerprint density at radius 3 is 2.56 bits per heavy atom. The molecule has 0 atom stereocenters. The summed E-state index contributed by atoms with van der Waals surface area (Å²) in [6.45, 7) is 0.948. The first-order valence-corrected chi connectivity index (χ1v) is 9.78. The van der Waals surface area contributed by atoms with Crippen molar-refractivity contribution < 1.29 is 13.2 Å². The number of nitrogens with zero attached hydrogens (tertiary/aromatic N) is 2. The predicted octanol–water partition coefficient (Wildman–Crippen LogP) is 1.97. The number of nitrogens with one attached hydrogen (secondary N) is 1. The molecule has 130 valence electrons. The van der Waals surface area contributed by atoms with E-state index in [0.29, 0.717) is 18.8 Å². The number of aromatic nitrogens is 1. The molecule has 1 saturated heterocycles. The molecule has 6 nitrogen and oxygen atoms in total. The molecule has 0 unspecified atom stereocenters. The van der Waals surface area contributed by atoms with Crippen molar-refractivity contribution in [3.63, 3.8) is 0 Å². The minimum Gasteiger partial charge on any atom is -0.369 e. The van der Waals surface area contributed by atoms with Crippen LogP contribution in [0.1, 0.15) is 5.56 Å². The quantitative estimate of drug-likeness (QED) is 0.847. The molecule has 2 aromatic rings. The van der Waals surface area contributed by atoms with Gasteiger partial charge in [-0.3, -0.25) is 9.78 Å². The maximum Gasteiger partial charge on any atom is 0.248 e. The molecule has 1 N–H and O–H groups in total. The van der Waals surface area contributed by atoms with Gasteiger partial charge in [0.1, 0.15) is 0 Å². The van der Waals surface area contributed by atoms with Crippen molar-refractivity contribution in [2.24, 2.45) is 0 Å². The van der Waals surface area contributed by atoms with Crippen molar-refractivity contribution in [3.05, 3.63) is 60.4 Å². The van der Waals surface area contributed by atoms with Crippen molar-refractivity contribution in [3.8, 4) is 0 Å². The number of carbonyl (C=O) groups excluding carboxylic acids is 1. The molecule has 7 heteroatoms.